The Morgan fingerprint density at radius 2 is 1.95 bits per heavy atom. The van der Waals surface area contributed by atoms with Crippen LogP contribution in [0.4, 0.5) is 16.0 Å². The molecule has 0 aliphatic carbocycles. The number of hydrogen-bond acceptors (Lipinski definition) is 4. The van der Waals surface area contributed by atoms with Gasteiger partial charge in [-0.15, -0.1) is 0 Å². The molecule has 0 aliphatic rings. The second kappa shape index (κ2) is 5.92. The summed E-state index contributed by atoms with van der Waals surface area (Å²) < 4.78 is 13.6. The fraction of sp³-hybridized carbons (Fsp3) is 0.0714. The Balaban J connectivity index is 2.22. The summed E-state index contributed by atoms with van der Waals surface area (Å²) in [5.74, 6) is -1.09. The van der Waals surface area contributed by atoms with Gasteiger partial charge in [-0.1, -0.05) is 12.1 Å². The van der Waals surface area contributed by atoms with Crippen molar-refractivity contribution in [3.05, 3.63) is 54.1 Å². The largest absolute Gasteiger partial charge is 0.478 e. The Hall–Kier alpha value is -2.76. The van der Waals surface area contributed by atoms with E-state index in [-0.39, 0.29) is 5.82 Å². The van der Waals surface area contributed by atoms with Gasteiger partial charge in [-0.3, -0.25) is 0 Å². The normalized spacial score (nSPS) is 10.7. The lowest BCUT2D eigenvalue weighted by Gasteiger charge is -2.17. The van der Waals surface area contributed by atoms with Crippen LogP contribution in [-0.4, -0.2) is 28.1 Å². The second-order valence-corrected chi connectivity index (χ2v) is 4.00. The molecule has 0 bridgehead atoms. The average molecular weight is 273 g/mol. The van der Waals surface area contributed by atoms with Gasteiger partial charge in [0.2, 0.25) is 5.95 Å². The lowest BCUT2D eigenvalue weighted by molar-refractivity contribution is -0.131. The zero-order valence-electron chi connectivity index (χ0n) is 10.7. The van der Waals surface area contributed by atoms with E-state index in [1.165, 1.54) is 29.4 Å². The lowest BCUT2D eigenvalue weighted by atomic mass is 10.3. The summed E-state index contributed by atoms with van der Waals surface area (Å²) >= 11 is 0. The van der Waals surface area contributed by atoms with Gasteiger partial charge in [-0.2, -0.15) is 0 Å². The van der Waals surface area contributed by atoms with Crippen molar-refractivity contribution in [1.29, 1.82) is 0 Å². The summed E-state index contributed by atoms with van der Waals surface area (Å²) in [5, 5.41) is 8.52. The summed E-state index contributed by atoms with van der Waals surface area (Å²) in [7, 11) is 1.65. The van der Waals surface area contributed by atoms with Crippen LogP contribution in [-0.2, 0) is 4.79 Å². The minimum Gasteiger partial charge on any atom is -0.478 e. The predicted molar refractivity (Wildman–Crippen MR) is 73.2 cm³/mol. The standard InChI is InChI=1S/C14H12FN3O2/c1-18(12-5-3-2-4-11(12)15)14-16-8-10(9-17-14)6-7-13(19)20/h2-9H,1H3,(H,19,20)/b7-6+. The maximum atomic E-state index is 13.6. The van der Waals surface area contributed by atoms with E-state index in [1.54, 1.807) is 25.2 Å². The first-order valence-corrected chi connectivity index (χ1v) is 5.79. The van der Waals surface area contributed by atoms with Gasteiger partial charge in [0.1, 0.15) is 5.82 Å². The summed E-state index contributed by atoms with van der Waals surface area (Å²) in [6.45, 7) is 0. The molecule has 0 fully saturated rings. The molecule has 0 saturated carbocycles. The van der Waals surface area contributed by atoms with Gasteiger partial charge in [0, 0.05) is 31.1 Å². The topological polar surface area (TPSA) is 66.3 Å². The zero-order valence-corrected chi connectivity index (χ0v) is 10.7. The first-order valence-electron chi connectivity index (χ1n) is 5.79. The highest BCUT2D eigenvalue weighted by Gasteiger charge is 2.10. The molecule has 5 nitrogen and oxygen atoms in total. The molecule has 0 amide bonds. The number of carboxylic acids is 1. The molecule has 1 aromatic heterocycles. The maximum absolute atomic E-state index is 13.6. The van der Waals surface area contributed by atoms with E-state index in [0.29, 0.717) is 17.2 Å². The number of halogens is 1. The van der Waals surface area contributed by atoms with Gasteiger partial charge in [0.25, 0.3) is 0 Å². The number of aromatic nitrogens is 2. The quantitative estimate of drug-likeness (QED) is 0.867. The van der Waals surface area contributed by atoms with Crippen molar-refractivity contribution in [2.75, 3.05) is 11.9 Å². The van der Waals surface area contributed by atoms with Crippen molar-refractivity contribution in [1.82, 2.24) is 9.97 Å². The lowest BCUT2D eigenvalue weighted by Crippen LogP contribution is -2.14. The van der Waals surface area contributed by atoms with Gasteiger partial charge in [0.05, 0.1) is 5.69 Å². The van der Waals surface area contributed by atoms with Gasteiger partial charge < -0.3 is 10.0 Å². The average Bonchev–Trinajstić information content (AvgIpc) is 2.45. The number of nitrogens with zero attached hydrogens (tertiary/aromatic N) is 3. The van der Waals surface area contributed by atoms with Crippen molar-refractivity contribution >= 4 is 23.7 Å². The van der Waals surface area contributed by atoms with Crippen LogP contribution in [0.1, 0.15) is 5.56 Å². The van der Waals surface area contributed by atoms with Crippen LogP contribution in [0.25, 0.3) is 6.08 Å². The summed E-state index contributed by atoms with van der Waals surface area (Å²) in [6.07, 6.45) is 5.33. The van der Waals surface area contributed by atoms with E-state index >= 15 is 0 Å². The molecule has 20 heavy (non-hydrogen) atoms. The third-order valence-corrected chi connectivity index (χ3v) is 2.59. The first-order chi connectivity index (χ1) is 9.58. The molecule has 2 aromatic rings. The molecule has 1 heterocycles. The Morgan fingerprint density at radius 3 is 2.55 bits per heavy atom. The molecule has 0 atom stereocenters. The molecule has 0 unspecified atom stereocenters. The maximum Gasteiger partial charge on any atom is 0.328 e. The molecule has 102 valence electrons. The van der Waals surface area contributed by atoms with Crippen LogP contribution in [0, 0.1) is 5.82 Å². The minimum atomic E-state index is -1.04. The van der Waals surface area contributed by atoms with E-state index in [1.807, 2.05) is 0 Å². The fourth-order valence-corrected chi connectivity index (χ4v) is 1.59. The molecular weight excluding hydrogens is 261 g/mol. The molecular formula is C14H12FN3O2. The van der Waals surface area contributed by atoms with Gasteiger partial charge in [0.15, 0.2) is 0 Å². The number of benzene rings is 1. The molecule has 0 spiro atoms. The van der Waals surface area contributed by atoms with Crippen LogP contribution in [0.2, 0.25) is 0 Å². The number of hydrogen-bond donors (Lipinski definition) is 1. The molecule has 6 heteroatoms. The second-order valence-electron chi connectivity index (χ2n) is 4.00. The Morgan fingerprint density at radius 1 is 1.30 bits per heavy atom. The summed E-state index contributed by atoms with van der Waals surface area (Å²) in [6, 6.07) is 6.30. The molecule has 2 rings (SSSR count). The third kappa shape index (κ3) is 3.17. The smallest absolute Gasteiger partial charge is 0.328 e. The van der Waals surface area contributed by atoms with Crippen molar-refractivity contribution < 1.29 is 14.3 Å². The van der Waals surface area contributed by atoms with Crippen LogP contribution >= 0.6 is 0 Å². The van der Waals surface area contributed by atoms with Crippen molar-refractivity contribution in [3.8, 4) is 0 Å². The van der Waals surface area contributed by atoms with Crippen LogP contribution < -0.4 is 4.90 Å². The predicted octanol–water partition coefficient (Wildman–Crippen LogP) is 2.48. The first kappa shape index (κ1) is 13.7. The van der Waals surface area contributed by atoms with Gasteiger partial charge >= 0.3 is 5.97 Å². The number of carboxylic acid groups (broad SMARTS) is 1. The van der Waals surface area contributed by atoms with Gasteiger partial charge in [-0.05, 0) is 18.2 Å². The van der Waals surface area contributed by atoms with E-state index in [9.17, 15) is 9.18 Å². The Labute approximate surface area is 115 Å². The van der Waals surface area contributed by atoms with Crippen molar-refractivity contribution in [2.45, 2.75) is 0 Å². The fourth-order valence-electron chi connectivity index (χ4n) is 1.59. The SMILES string of the molecule is CN(c1ncc(/C=C/C(=O)O)cn1)c1ccccc1F. The monoisotopic (exact) mass is 273 g/mol. The van der Waals surface area contributed by atoms with Crippen LogP contribution in [0.15, 0.2) is 42.7 Å². The Kier molecular flexibility index (Phi) is 4.05. The number of anilines is 2. The van der Waals surface area contributed by atoms with Crippen molar-refractivity contribution in [3.63, 3.8) is 0 Å². The Bertz CT molecular complexity index is 641. The van der Waals surface area contributed by atoms with E-state index in [2.05, 4.69) is 9.97 Å². The number of aliphatic carboxylic acids is 1. The van der Waals surface area contributed by atoms with Crippen molar-refractivity contribution in [2.24, 2.45) is 0 Å². The number of rotatable bonds is 4. The van der Waals surface area contributed by atoms with Crippen LogP contribution in [0.5, 0.6) is 0 Å². The molecule has 0 saturated heterocycles. The highest BCUT2D eigenvalue weighted by Crippen LogP contribution is 2.22. The minimum absolute atomic E-state index is 0.322. The number of carbonyl (C=O) groups is 1. The molecule has 0 radical (unpaired) electrons. The number of para-hydroxylation sites is 1. The van der Waals surface area contributed by atoms with Gasteiger partial charge in [-0.25, -0.2) is 19.2 Å². The molecule has 1 aromatic carbocycles. The molecule has 0 aliphatic heterocycles. The highest BCUT2D eigenvalue weighted by atomic mass is 19.1. The molecule has 1 N–H and O–H groups in total. The van der Waals surface area contributed by atoms with E-state index in [4.69, 9.17) is 5.11 Å². The summed E-state index contributed by atoms with van der Waals surface area (Å²) in [4.78, 5) is 20.1. The van der Waals surface area contributed by atoms with E-state index in [0.717, 1.165) is 6.08 Å². The zero-order chi connectivity index (χ0) is 14.5. The van der Waals surface area contributed by atoms with Crippen LogP contribution in [0.3, 0.4) is 0 Å². The third-order valence-electron chi connectivity index (χ3n) is 2.59. The highest BCUT2D eigenvalue weighted by molar-refractivity contribution is 5.85. The summed E-state index contributed by atoms with van der Waals surface area (Å²) in [5.41, 5.74) is 0.916. The van der Waals surface area contributed by atoms with E-state index < -0.39 is 5.97 Å².